The van der Waals surface area contributed by atoms with Gasteiger partial charge in [-0.1, -0.05) is 26.6 Å². The van der Waals surface area contributed by atoms with Crippen molar-refractivity contribution in [3.8, 4) is 5.82 Å². The van der Waals surface area contributed by atoms with Gasteiger partial charge in [-0.15, -0.1) is 0 Å². The third-order valence-corrected chi connectivity index (χ3v) is 10.5. The Morgan fingerprint density at radius 1 is 1.21 bits per heavy atom. The molecule has 1 atom stereocenters. The van der Waals surface area contributed by atoms with Gasteiger partial charge >= 0.3 is 6.09 Å². The minimum Gasteiger partial charge on any atom is -0.444 e. The van der Waals surface area contributed by atoms with Crippen LogP contribution in [0.3, 0.4) is 0 Å². The maximum absolute atomic E-state index is 13.6. The molecular formula is C32H50N6O4Si. The van der Waals surface area contributed by atoms with Crippen LogP contribution in [0.25, 0.3) is 16.9 Å². The fourth-order valence-corrected chi connectivity index (χ4v) is 6.42. The van der Waals surface area contributed by atoms with Crippen molar-refractivity contribution in [1.82, 2.24) is 24.0 Å². The Kier molecular flexibility index (Phi) is 9.75. The van der Waals surface area contributed by atoms with E-state index in [0.717, 1.165) is 54.3 Å². The number of rotatable bonds is 10. The number of aromatic nitrogens is 4. The van der Waals surface area contributed by atoms with Gasteiger partial charge in [-0.2, -0.15) is 0 Å². The highest BCUT2D eigenvalue weighted by Gasteiger charge is 2.41. The van der Waals surface area contributed by atoms with Gasteiger partial charge in [0.05, 0.1) is 5.69 Å². The molecule has 2 amide bonds. The van der Waals surface area contributed by atoms with Gasteiger partial charge in [0.1, 0.15) is 30.1 Å². The molecule has 236 valence electrons. The highest BCUT2D eigenvalue weighted by atomic mass is 28.3. The molecule has 0 bridgehead atoms. The average Bonchev–Trinajstić information content (AvgIpc) is 3.58. The van der Waals surface area contributed by atoms with Crippen molar-refractivity contribution in [3.63, 3.8) is 0 Å². The molecule has 11 heteroatoms. The number of carbonyl (C=O) groups excluding carboxylic acids is 2. The van der Waals surface area contributed by atoms with Crippen LogP contribution >= 0.6 is 0 Å². The number of fused-ring (bicyclic) bond motifs is 1. The van der Waals surface area contributed by atoms with Crippen molar-refractivity contribution < 1.29 is 19.1 Å². The number of ether oxygens (including phenoxy) is 2. The molecule has 10 nitrogen and oxygen atoms in total. The van der Waals surface area contributed by atoms with Crippen LogP contribution in [-0.2, 0) is 21.0 Å². The monoisotopic (exact) mass is 610 g/mol. The summed E-state index contributed by atoms with van der Waals surface area (Å²) < 4.78 is 15.7. The number of pyridine rings is 1. The lowest BCUT2D eigenvalue weighted by molar-refractivity contribution is -0.121. The van der Waals surface area contributed by atoms with Gasteiger partial charge in [-0.3, -0.25) is 13.9 Å². The first-order valence-corrected chi connectivity index (χ1v) is 19.1. The van der Waals surface area contributed by atoms with Crippen LogP contribution in [-0.4, -0.2) is 69.4 Å². The van der Waals surface area contributed by atoms with Gasteiger partial charge in [-0.05, 0) is 77.0 Å². The number of hydrogen-bond donors (Lipinski definition) is 1. The Morgan fingerprint density at radius 3 is 2.51 bits per heavy atom. The third-order valence-electron chi connectivity index (χ3n) is 8.79. The van der Waals surface area contributed by atoms with Crippen LogP contribution in [0.5, 0.6) is 0 Å². The smallest absolute Gasteiger partial charge is 0.410 e. The van der Waals surface area contributed by atoms with Crippen molar-refractivity contribution in [3.05, 3.63) is 37.1 Å². The minimum absolute atomic E-state index is 0.0134. The fraction of sp³-hybridized carbons (Fsp3) is 0.625. The van der Waals surface area contributed by atoms with Crippen molar-refractivity contribution in [1.29, 1.82) is 0 Å². The van der Waals surface area contributed by atoms with Crippen LogP contribution in [0.4, 0.5) is 10.5 Å². The van der Waals surface area contributed by atoms with E-state index in [4.69, 9.17) is 9.47 Å². The summed E-state index contributed by atoms with van der Waals surface area (Å²) in [5, 5.41) is 4.08. The Balaban J connectivity index is 1.46. The molecule has 3 aromatic rings. The van der Waals surface area contributed by atoms with Crippen LogP contribution in [0.15, 0.2) is 37.1 Å². The second-order valence-electron chi connectivity index (χ2n) is 14.5. The summed E-state index contributed by atoms with van der Waals surface area (Å²) in [5.74, 6) is 0.799. The highest BCUT2D eigenvalue weighted by molar-refractivity contribution is 6.76. The van der Waals surface area contributed by atoms with Crippen molar-refractivity contribution >= 4 is 36.8 Å². The molecule has 1 N–H and O–H groups in total. The van der Waals surface area contributed by atoms with Gasteiger partial charge in [0.15, 0.2) is 0 Å². The second kappa shape index (κ2) is 12.8. The Bertz CT molecular complexity index is 1400. The minimum atomic E-state index is -1.21. The van der Waals surface area contributed by atoms with Gasteiger partial charge in [0, 0.05) is 57.7 Å². The summed E-state index contributed by atoms with van der Waals surface area (Å²) >= 11 is 0. The summed E-state index contributed by atoms with van der Waals surface area (Å²) in [6, 6.07) is 4.96. The lowest BCUT2D eigenvalue weighted by Gasteiger charge is -2.44. The molecule has 1 aliphatic carbocycles. The van der Waals surface area contributed by atoms with Crippen LogP contribution in [0, 0.1) is 11.3 Å². The predicted molar refractivity (Wildman–Crippen MR) is 173 cm³/mol. The Labute approximate surface area is 257 Å². The summed E-state index contributed by atoms with van der Waals surface area (Å²) in [6.07, 6.45) is 10.0. The first kappa shape index (κ1) is 32.7. The van der Waals surface area contributed by atoms with E-state index in [0.29, 0.717) is 13.3 Å². The molecule has 1 fully saturated rings. The largest absolute Gasteiger partial charge is 0.444 e. The molecule has 1 unspecified atom stereocenters. The summed E-state index contributed by atoms with van der Waals surface area (Å²) in [7, 11) is 0.590. The van der Waals surface area contributed by atoms with Crippen LogP contribution in [0.2, 0.25) is 25.7 Å². The van der Waals surface area contributed by atoms with Crippen molar-refractivity contribution in [2.45, 2.75) is 104 Å². The summed E-state index contributed by atoms with van der Waals surface area (Å²) in [4.78, 5) is 36.9. The number of hydrogen-bond acceptors (Lipinski definition) is 6. The van der Waals surface area contributed by atoms with E-state index in [1.165, 1.54) is 0 Å². The number of nitrogens with zero attached hydrogens (tertiary/aromatic N) is 5. The Hall–Kier alpha value is -3.18. The zero-order valence-electron chi connectivity index (χ0n) is 27.4. The van der Waals surface area contributed by atoms with E-state index in [2.05, 4.69) is 48.8 Å². The number of nitrogens with one attached hydrogen (secondary N) is 1. The average molecular weight is 611 g/mol. The van der Waals surface area contributed by atoms with E-state index >= 15 is 0 Å². The summed E-state index contributed by atoms with van der Waals surface area (Å²) in [5.41, 5.74) is 0.855. The molecular weight excluding hydrogens is 560 g/mol. The first-order chi connectivity index (χ1) is 20.1. The van der Waals surface area contributed by atoms with E-state index in [1.807, 2.05) is 48.2 Å². The van der Waals surface area contributed by atoms with Gasteiger partial charge < -0.3 is 19.7 Å². The molecule has 0 aromatic carbocycles. The maximum atomic E-state index is 13.6. The molecule has 0 radical (unpaired) electrons. The van der Waals surface area contributed by atoms with Gasteiger partial charge in [-0.25, -0.2) is 14.8 Å². The van der Waals surface area contributed by atoms with Gasteiger partial charge in [0.2, 0.25) is 5.91 Å². The molecule has 1 aliphatic rings. The molecule has 0 saturated heterocycles. The van der Waals surface area contributed by atoms with E-state index in [-0.39, 0.29) is 29.4 Å². The molecule has 3 heterocycles. The maximum Gasteiger partial charge on any atom is 0.410 e. The first-order valence-electron chi connectivity index (χ1n) is 15.4. The quantitative estimate of drug-likeness (QED) is 0.197. The topological polar surface area (TPSA) is 104 Å². The highest BCUT2D eigenvalue weighted by Crippen LogP contribution is 2.43. The number of amides is 2. The molecule has 0 spiro atoms. The van der Waals surface area contributed by atoms with Crippen LogP contribution < -0.4 is 5.32 Å². The standard InChI is InChI=1S/C32H50N6O4Si/c1-23(36(6)30(40)42-31(2,3)4)32(5)13-10-24(11-14-32)29(39)35-26-12-15-34-28-25(26)20-27(37-17-16-33-21-37)38(28)22-41-18-19-43(7,8)9/h12,15-17,20-21,23-24H,10-11,13-14,18-19,22H2,1-9H3,(H,34,35,39). The lowest BCUT2D eigenvalue weighted by Crippen LogP contribution is -2.49. The third kappa shape index (κ3) is 8.06. The molecule has 0 aliphatic heterocycles. The number of imidazole rings is 1. The lowest BCUT2D eigenvalue weighted by atomic mass is 9.67. The Morgan fingerprint density at radius 2 is 1.91 bits per heavy atom. The molecule has 4 rings (SSSR count). The van der Waals surface area contributed by atoms with Crippen LogP contribution in [0.1, 0.15) is 60.3 Å². The molecule has 43 heavy (non-hydrogen) atoms. The zero-order chi connectivity index (χ0) is 31.6. The zero-order valence-corrected chi connectivity index (χ0v) is 28.4. The van der Waals surface area contributed by atoms with E-state index in [9.17, 15) is 9.59 Å². The number of anilines is 1. The number of carbonyl (C=O) groups is 2. The second-order valence-corrected chi connectivity index (χ2v) is 20.2. The normalized spacial score (nSPS) is 20.2. The van der Waals surface area contributed by atoms with Crippen molar-refractivity contribution in [2.75, 3.05) is 19.0 Å². The molecule has 3 aromatic heterocycles. The predicted octanol–water partition coefficient (Wildman–Crippen LogP) is 6.92. The van der Waals surface area contributed by atoms with E-state index < -0.39 is 13.7 Å². The van der Waals surface area contributed by atoms with Gasteiger partial charge in [0.25, 0.3) is 0 Å². The SMILES string of the molecule is CC(N(C)C(=O)OC(C)(C)C)C1(C)CCC(C(=O)Nc2ccnc3c2cc(-n2ccnc2)n3COCC[Si](C)(C)C)CC1. The summed E-state index contributed by atoms with van der Waals surface area (Å²) in [6.45, 7) is 18.0. The molecule has 1 saturated carbocycles. The fourth-order valence-electron chi connectivity index (χ4n) is 5.67. The van der Waals surface area contributed by atoms with Crippen molar-refractivity contribution in [2.24, 2.45) is 11.3 Å². The van der Waals surface area contributed by atoms with E-state index in [1.54, 1.807) is 30.7 Å².